The fraction of sp³-hybridized carbons (Fsp3) is 0.647. The van der Waals surface area contributed by atoms with Crippen LogP contribution in [0.15, 0.2) is 24.3 Å². The fourth-order valence-electron chi connectivity index (χ4n) is 2.85. The summed E-state index contributed by atoms with van der Waals surface area (Å²) in [5.41, 5.74) is 2.83. The Morgan fingerprint density at radius 3 is 2.74 bits per heavy atom. The van der Waals surface area contributed by atoms with Crippen molar-refractivity contribution in [1.29, 1.82) is 0 Å². The summed E-state index contributed by atoms with van der Waals surface area (Å²) in [6.07, 6.45) is 8.37. The zero-order chi connectivity index (χ0) is 13.5. The standard InChI is InChI=1S/C17H27NS/c1-14-7-6-8-15(11-14)12-16(18-2)13-19-17-9-4-3-5-10-17/h6-8,11,16-18H,3-5,9-10,12-13H2,1-2H3. The van der Waals surface area contributed by atoms with Crippen molar-refractivity contribution in [3.05, 3.63) is 35.4 Å². The fourth-order valence-corrected chi connectivity index (χ4v) is 4.31. The average Bonchev–Trinajstić information content (AvgIpc) is 2.44. The largest absolute Gasteiger partial charge is 0.316 e. The summed E-state index contributed by atoms with van der Waals surface area (Å²) >= 11 is 2.19. The molecule has 1 aromatic rings. The number of rotatable bonds is 6. The third-order valence-corrected chi connectivity index (χ3v) is 5.60. The molecule has 19 heavy (non-hydrogen) atoms. The number of likely N-dealkylation sites (N-methyl/N-ethyl adjacent to an activating group) is 1. The molecule has 0 aromatic heterocycles. The third kappa shape index (κ3) is 5.19. The Balaban J connectivity index is 1.79. The highest BCUT2D eigenvalue weighted by Gasteiger charge is 2.16. The summed E-state index contributed by atoms with van der Waals surface area (Å²) in [6.45, 7) is 2.18. The molecule has 0 radical (unpaired) electrons. The molecule has 1 aromatic carbocycles. The van der Waals surface area contributed by atoms with Crippen LogP contribution in [0.2, 0.25) is 0 Å². The van der Waals surface area contributed by atoms with Gasteiger partial charge in [-0.05, 0) is 38.8 Å². The van der Waals surface area contributed by atoms with Gasteiger partial charge in [0.25, 0.3) is 0 Å². The molecule has 0 saturated heterocycles. The molecule has 1 nitrogen and oxygen atoms in total. The van der Waals surface area contributed by atoms with Crippen molar-refractivity contribution in [2.75, 3.05) is 12.8 Å². The van der Waals surface area contributed by atoms with Gasteiger partial charge in [-0.25, -0.2) is 0 Å². The summed E-state index contributed by atoms with van der Waals surface area (Å²) in [6, 6.07) is 9.52. The Bertz CT molecular complexity index is 371. The second-order valence-corrected chi connectivity index (χ2v) is 7.11. The Kier molecular flexibility index (Phi) is 6.25. The summed E-state index contributed by atoms with van der Waals surface area (Å²) in [5, 5.41) is 4.41. The molecular formula is C17H27NS. The van der Waals surface area contributed by atoms with E-state index in [2.05, 4.69) is 55.3 Å². The van der Waals surface area contributed by atoms with Gasteiger partial charge in [0, 0.05) is 17.0 Å². The normalized spacial score (nSPS) is 18.4. The number of hydrogen-bond acceptors (Lipinski definition) is 2. The number of aryl methyl sites for hydroxylation is 1. The predicted molar refractivity (Wildman–Crippen MR) is 87.1 cm³/mol. The van der Waals surface area contributed by atoms with Gasteiger partial charge in [-0.15, -0.1) is 0 Å². The van der Waals surface area contributed by atoms with E-state index in [9.17, 15) is 0 Å². The van der Waals surface area contributed by atoms with Crippen LogP contribution >= 0.6 is 11.8 Å². The van der Waals surface area contributed by atoms with Gasteiger partial charge in [0.05, 0.1) is 0 Å². The van der Waals surface area contributed by atoms with E-state index in [0.717, 1.165) is 11.7 Å². The highest BCUT2D eigenvalue weighted by molar-refractivity contribution is 7.99. The first kappa shape index (κ1) is 14.9. The Morgan fingerprint density at radius 2 is 2.05 bits per heavy atom. The van der Waals surface area contributed by atoms with E-state index in [1.165, 1.54) is 49.0 Å². The second-order valence-electron chi connectivity index (χ2n) is 5.77. The van der Waals surface area contributed by atoms with E-state index in [1.807, 2.05) is 0 Å². The van der Waals surface area contributed by atoms with Gasteiger partial charge in [-0.1, -0.05) is 49.1 Å². The highest BCUT2D eigenvalue weighted by Crippen LogP contribution is 2.28. The summed E-state index contributed by atoms with van der Waals surface area (Å²) in [4.78, 5) is 0. The number of benzene rings is 1. The van der Waals surface area contributed by atoms with E-state index < -0.39 is 0 Å². The minimum absolute atomic E-state index is 0.605. The lowest BCUT2D eigenvalue weighted by Gasteiger charge is -2.24. The first-order valence-corrected chi connectivity index (χ1v) is 8.67. The van der Waals surface area contributed by atoms with Crippen molar-refractivity contribution in [3.8, 4) is 0 Å². The zero-order valence-corrected chi connectivity index (χ0v) is 13.1. The minimum Gasteiger partial charge on any atom is -0.316 e. The smallest absolute Gasteiger partial charge is 0.0195 e. The third-order valence-electron chi connectivity index (χ3n) is 4.06. The lowest BCUT2D eigenvalue weighted by Crippen LogP contribution is -2.31. The monoisotopic (exact) mass is 277 g/mol. The molecule has 0 spiro atoms. The van der Waals surface area contributed by atoms with Crippen molar-refractivity contribution in [1.82, 2.24) is 5.32 Å². The molecule has 1 aliphatic carbocycles. The Morgan fingerprint density at radius 1 is 1.26 bits per heavy atom. The maximum absolute atomic E-state index is 3.49. The van der Waals surface area contributed by atoms with E-state index in [4.69, 9.17) is 0 Å². The van der Waals surface area contributed by atoms with Gasteiger partial charge in [-0.3, -0.25) is 0 Å². The van der Waals surface area contributed by atoms with Crippen molar-refractivity contribution in [2.45, 2.75) is 56.7 Å². The van der Waals surface area contributed by atoms with Crippen molar-refractivity contribution in [3.63, 3.8) is 0 Å². The van der Waals surface area contributed by atoms with Crippen LogP contribution < -0.4 is 5.32 Å². The molecule has 0 amide bonds. The lowest BCUT2D eigenvalue weighted by atomic mass is 10.0. The molecule has 1 atom stereocenters. The molecule has 1 unspecified atom stereocenters. The summed E-state index contributed by atoms with van der Waals surface area (Å²) in [7, 11) is 2.10. The average molecular weight is 277 g/mol. The first-order valence-electron chi connectivity index (χ1n) is 7.62. The number of hydrogen-bond donors (Lipinski definition) is 1. The van der Waals surface area contributed by atoms with Gasteiger partial charge in [0.15, 0.2) is 0 Å². The predicted octanol–water partition coefficient (Wildman–Crippen LogP) is 4.19. The molecule has 0 aliphatic heterocycles. The van der Waals surface area contributed by atoms with E-state index in [1.54, 1.807) is 0 Å². The van der Waals surface area contributed by atoms with Crippen LogP contribution in [-0.4, -0.2) is 24.1 Å². The molecule has 0 heterocycles. The highest BCUT2D eigenvalue weighted by atomic mass is 32.2. The van der Waals surface area contributed by atoms with Gasteiger partial charge >= 0.3 is 0 Å². The van der Waals surface area contributed by atoms with Crippen LogP contribution in [0.25, 0.3) is 0 Å². The number of nitrogens with one attached hydrogen (secondary N) is 1. The van der Waals surface area contributed by atoms with Crippen LogP contribution in [0.1, 0.15) is 43.2 Å². The van der Waals surface area contributed by atoms with Crippen LogP contribution in [0.4, 0.5) is 0 Å². The van der Waals surface area contributed by atoms with Crippen LogP contribution in [-0.2, 0) is 6.42 Å². The topological polar surface area (TPSA) is 12.0 Å². The molecule has 0 bridgehead atoms. The van der Waals surface area contributed by atoms with Gasteiger partial charge < -0.3 is 5.32 Å². The molecule has 2 heteroatoms. The van der Waals surface area contributed by atoms with Gasteiger partial charge in [-0.2, -0.15) is 11.8 Å². The molecule has 1 N–H and O–H groups in total. The summed E-state index contributed by atoms with van der Waals surface area (Å²) in [5.74, 6) is 1.25. The first-order chi connectivity index (χ1) is 9.28. The van der Waals surface area contributed by atoms with Crippen LogP contribution in [0.3, 0.4) is 0 Å². The van der Waals surface area contributed by atoms with Crippen LogP contribution in [0, 0.1) is 6.92 Å². The molecule has 1 fully saturated rings. The van der Waals surface area contributed by atoms with Gasteiger partial charge in [0.2, 0.25) is 0 Å². The SMILES string of the molecule is CNC(CSC1CCCCC1)Cc1cccc(C)c1. The van der Waals surface area contributed by atoms with Crippen molar-refractivity contribution in [2.24, 2.45) is 0 Å². The van der Waals surface area contributed by atoms with Crippen LogP contribution in [0.5, 0.6) is 0 Å². The Labute approximate surface area is 122 Å². The Hall–Kier alpha value is -0.470. The minimum atomic E-state index is 0.605. The van der Waals surface area contributed by atoms with Crippen molar-refractivity contribution < 1.29 is 0 Å². The maximum atomic E-state index is 3.49. The van der Waals surface area contributed by atoms with E-state index in [-0.39, 0.29) is 0 Å². The maximum Gasteiger partial charge on any atom is 0.0195 e. The molecule has 106 valence electrons. The molecular weight excluding hydrogens is 250 g/mol. The van der Waals surface area contributed by atoms with E-state index >= 15 is 0 Å². The van der Waals surface area contributed by atoms with Crippen molar-refractivity contribution >= 4 is 11.8 Å². The zero-order valence-electron chi connectivity index (χ0n) is 12.3. The van der Waals surface area contributed by atoms with E-state index in [0.29, 0.717) is 6.04 Å². The lowest BCUT2D eigenvalue weighted by molar-refractivity contribution is 0.514. The second kappa shape index (κ2) is 7.96. The molecule has 1 saturated carbocycles. The molecule has 2 rings (SSSR count). The quantitative estimate of drug-likeness (QED) is 0.836. The van der Waals surface area contributed by atoms with Gasteiger partial charge in [0.1, 0.15) is 0 Å². The summed E-state index contributed by atoms with van der Waals surface area (Å²) < 4.78 is 0. The molecule has 1 aliphatic rings. The number of thioether (sulfide) groups is 1.